The molecule has 0 bridgehead atoms. The molecule has 1 atom stereocenters. The Hall–Kier alpha value is -2.19. The highest BCUT2D eigenvalue weighted by atomic mass is 35.5. The third kappa shape index (κ3) is 7.94. The summed E-state index contributed by atoms with van der Waals surface area (Å²) >= 11 is 6.00. The molecule has 9 heteroatoms. The van der Waals surface area contributed by atoms with Crippen LogP contribution in [0, 0.1) is 19.8 Å². The Kier molecular flexibility index (Phi) is 10.6. The fourth-order valence-electron chi connectivity index (χ4n) is 4.52. The van der Waals surface area contributed by atoms with Crippen LogP contribution >= 0.6 is 11.6 Å². The summed E-state index contributed by atoms with van der Waals surface area (Å²) in [5.41, 5.74) is 2.20. The molecule has 0 saturated carbocycles. The van der Waals surface area contributed by atoms with E-state index in [4.69, 9.17) is 16.3 Å². The number of piperidine rings is 1. The number of ether oxygens (including phenoxy) is 1. The van der Waals surface area contributed by atoms with Crippen molar-refractivity contribution in [2.24, 2.45) is 15.9 Å². The van der Waals surface area contributed by atoms with E-state index in [-0.39, 0.29) is 11.3 Å². The van der Waals surface area contributed by atoms with Crippen LogP contribution in [0.3, 0.4) is 0 Å². The second-order valence-corrected chi connectivity index (χ2v) is 9.69. The average Bonchev–Trinajstić information content (AvgIpc) is 3.43. The molecule has 1 amide bonds. The molecular formula is C25H39ClN6O2. The van der Waals surface area contributed by atoms with Crippen molar-refractivity contribution in [1.82, 2.24) is 20.5 Å². The number of carbonyl (C=O) groups is 1. The first-order valence-corrected chi connectivity index (χ1v) is 12.9. The third-order valence-electron chi connectivity index (χ3n) is 6.45. The molecule has 188 valence electrons. The van der Waals surface area contributed by atoms with Crippen LogP contribution in [0.25, 0.3) is 0 Å². The van der Waals surface area contributed by atoms with Gasteiger partial charge in [-0.3, -0.25) is 4.79 Å². The fourth-order valence-corrected chi connectivity index (χ4v) is 4.65. The Balaban J connectivity index is 0.000000574. The topological polar surface area (TPSA) is 91.2 Å². The first-order valence-electron chi connectivity index (χ1n) is 12.5. The first-order chi connectivity index (χ1) is 16.5. The summed E-state index contributed by atoms with van der Waals surface area (Å²) < 4.78 is 5.85. The third-order valence-corrected chi connectivity index (χ3v) is 6.70. The molecule has 1 aromatic rings. The summed E-state index contributed by atoms with van der Waals surface area (Å²) in [6, 6.07) is 1.84. The van der Waals surface area contributed by atoms with E-state index in [0.717, 1.165) is 50.3 Å². The zero-order chi connectivity index (χ0) is 24.3. The summed E-state index contributed by atoms with van der Waals surface area (Å²) in [6.07, 6.45) is 8.99. The number of hydrogen-bond acceptors (Lipinski definition) is 7. The minimum atomic E-state index is -0.113. The second-order valence-electron chi connectivity index (χ2n) is 9.13. The van der Waals surface area contributed by atoms with Gasteiger partial charge in [-0.2, -0.15) is 0 Å². The van der Waals surface area contributed by atoms with Crippen LogP contribution in [0.2, 0.25) is 0 Å². The van der Waals surface area contributed by atoms with Gasteiger partial charge in [0.15, 0.2) is 0 Å². The zero-order valence-corrected chi connectivity index (χ0v) is 21.5. The number of nitrogens with one attached hydrogen (secondary N) is 2. The van der Waals surface area contributed by atoms with Gasteiger partial charge in [-0.25, -0.2) is 15.0 Å². The maximum Gasteiger partial charge on any atom is 0.253 e. The van der Waals surface area contributed by atoms with E-state index in [1.165, 1.54) is 25.9 Å². The van der Waals surface area contributed by atoms with Crippen LogP contribution in [0.15, 0.2) is 16.1 Å². The molecule has 2 fully saturated rings. The molecule has 34 heavy (non-hydrogen) atoms. The van der Waals surface area contributed by atoms with Gasteiger partial charge in [-0.05, 0) is 76.9 Å². The van der Waals surface area contributed by atoms with Crippen LogP contribution in [-0.4, -0.2) is 79.7 Å². The maximum absolute atomic E-state index is 11.9. The molecular weight excluding hydrogens is 452 g/mol. The van der Waals surface area contributed by atoms with Gasteiger partial charge in [0.2, 0.25) is 11.8 Å². The van der Waals surface area contributed by atoms with Gasteiger partial charge in [0.25, 0.3) is 5.91 Å². The number of aryl methyl sites for hydroxylation is 2. The van der Waals surface area contributed by atoms with Crippen molar-refractivity contribution in [3.63, 3.8) is 0 Å². The number of pyridine rings is 1. The number of guanidine groups is 1. The smallest absolute Gasteiger partial charge is 0.253 e. The van der Waals surface area contributed by atoms with Crippen LogP contribution < -0.4 is 15.4 Å². The Morgan fingerprint density at radius 2 is 2.00 bits per heavy atom. The predicted octanol–water partition coefficient (Wildman–Crippen LogP) is 3.35. The number of carbonyl (C=O) groups excluding carboxylic acids is 1. The van der Waals surface area contributed by atoms with Gasteiger partial charge in [0, 0.05) is 32.4 Å². The fraction of sp³-hybridized carbons (Fsp3) is 0.680. The van der Waals surface area contributed by atoms with Gasteiger partial charge in [-0.1, -0.05) is 0 Å². The van der Waals surface area contributed by atoms with E-state index in [1.807, 2.05) is 19.9 Å². The summed E-state index contributed by atoms with van der Waals surface area (Å²) in [6.45, 7) is 9.50. The standard InChI is InChI=1S/C21H30ClN5O2.C4H9N/c1-14-11-18(26-15(2)19(14)20(28)23-3)29-10-4-5-16-6-8-27(9-7-16)21-24-12-17(22)13-25-21;1-2-4-5-3-1/h11-12,16-17H,4-10,13H2,1-3H3,(H,23,28);5H,1-4H2. The lowest BCUT2D eigenvalue weighted by Gasteiger charge is -2.33. The molecule has 0 aromatic carbocycles. The van der Waals surface area contributed by atoms with Crippen molar-refractivity contribution < 1.29 is 9.53 Å². The molecule has 3 aliphatic heterocycles. The summed E-state index contributed by atoms with van der Waals surface area (Å²) in [5, 5.41) is 5.80. The molecule has 1 unspecified atom stereocenters. The molecule has 1 aromatic heterocycles. The largest absolute Gasteiger partial charge is 0.478 e. The minimum Gasteiger partial charge on any atom is -0.478 e. The molecule has 4 rings (SSSR count). The molecule has 0 radical (unpaired) electrons. The zero-order valence-electron chi connectivity index (χ0n) is 20.8. The Labute approximate surface area is 208 Å². The van der Waals surface area contributed by atoms with Crippen LogP contribution in [0.4, 0.5) is 0 Å². The summed E-state index contributed by atoms with van der Waals surface area (Å²) in [5.74, 6) is 2.02. The van der Waals surface area contributed by atoms with Crippen molar-refractivity contribution in [2.75, 3.05) is 46.4 Å². The van der Waals surface area contributed by atoms with Gasteiger partial charge in [0.05, 0.1) is 29.8 Å². The SMILES string of the molecule is C1CCNC1.CNC(=O)c1c(C)cc(OCCCC2CCN(C3=NCC(Cl)C=N3)CC2)nc1C. The van der Waals surface area contributed by atoms with E-state index in [2.05, 4.69) is 30.5 Å². The Bertz CT molecular complexity index is 832. The van der Waals surface area contributed by atoms with Crippen molar-refractivity contribution in [3.05, 3.63) is 22.9 Å². The summed E-state index contributed by atoms with van der Waals surface area (Å²) in [7, 11) is 1.63. The van der Waals surface area contributed by atoms with Crippen LogP contribution in [0.1, 0.15) is 60.1 Å². The number of aromatic nitrogens is 1. The highest BCUT2D eigenvalue weighted by molar-refractivity contribution is 6.29. The van der Waals surface area contributed by atoms with Crippen molar-refractivity contribution in [1.29, 1.82) is 0 Å². The van der Waals surface area contributed by atoms with Crippen LogP contribution in [-0.2, 0) is 0 Å². The van der Waals surface area contributed by atoms with E-state index in [0.29, 0.717) is 36.2 Å². The highest BCUT2D eigenvalue weighted by Gasteiger charge is 2.22. The molecule has 4 heterocycles. The average molecular weight is 491 g/mol. The number of hydrogen-bond donors (Lipinski definition) is 2. The predicted molar refractivity (Wildman–Crippen MR) is 139 cm³/mol. The number of amides is 1. The first kappa shape index (κ1) is 26.4. The molecule has 2 N–H and O–H groups in total. The molecule has 8 nitrogen and oxygen atoms in total. The lowest BCUT2D eigenvalue weighted by molar-refractivity contribution is 0.0961. The van der Waals surface area contributed by atoms with E-state index >= 15 is 0 Å². The van der Waals surface area contributed by atoms with Crippen molar-refractivity contribution in [3.8, 4) is 5.88 Å². The quantitative estimate of drug-likeness (QED) is 0.471. The number of nitrogens with zero attached hydrogens (tertiary/aromatic N) is 4. The van der Waals surface area contributed by atoms with Crippen molar-refractivity contribution >= 4 is 29.7 Å². The minimum absolute atomic E-state index is 0.0710. The monoisotopic (exact) mass is 490 g/mol. The lowest BCUT2D eigenvalue weighted by Crippen LogP contribution is -2.39. The van der Waals surface area contributed by atoms with Gasteiger partial charge < -0.3 is 20.3 Å². The van der Waals surface area contributed by atoms with E-state index < -0.39 is 0 Å². The number of aliphatic imine (C=N–C) groups is 2. The van der Waals surface area contributed by atoms with Gasteiger partial charge in [0.1, 0.15) is 0 Å². The summed E-state index contributed by atoms with van der Waals surface area (Å²) in [4.78, 5) is 27.4. The van der Waals surface area contributed by atoms with Crippen LogP contribution in [0.5, 0.6) is 5.88 Å². The second kappa shape index (κ2) is 13.6. The molecule has 0 spiro atoms. The normalized spacial score (nSPS) is 20.4. The number of rotatable bonds is 6. The maximum atomic E-state index is 11.9. The number of halogens is 1. The number of likely N-dealkylation sites (tertiary alicyclic amines) is 1. The van der Waals surface area contributed by atoms with Crippen molar-refractivity contribution in [2.45, 2.75) is 57.7 Å². The van der Waals surface area contributed by atoms with E-state index in [1.54, 1.807) is 13.3 Å². The highest BCUT2D eigenvalue weighted by Crippen LogP contribution is 2.23. The Morgan fingerprint density at radius 1 is 1.26 bits per heavy atom. The van der Waals surface area contributed by atoms with E-state index in [9.17, 15) is 4.79 Å². The van der Waals surface area contributed by atoms with Gasteiger partial charge in [-0.15, -0.1) is 11.6 Å². The number of alkyl halides is 1. The lowest BCUT2D eigenvalue weighted by atomic mass is 9.92. The molecule has 0 aliphatic carbocycles. The Morgan fingerprint density at radius 3 is 2.56 bits per heavy atom. The molecule has 3 aliphatic rings. The van der Waals surface area contributed by atoms with Gasteiger partial charge >= 0.3 is 0 Å². The molecule has 2 saturated heterocycles.